The summed E-state index contributed by atoms with van der Waals surface area (Å²) >= 11 is 0. The Labute approximate surface area is 247 Å². The second-order valence-electron chi connectivity index (χ2n) is 11.0. The Balaban J connectivity index is 1.37. The third-order valence-corrected chi connectivity index (χ3v) is 8.50. The van der Waals surface area contributed by atoms with Crippen molar-refractivity contribution in [2.75, 3.05) is 18.4 Å². The summed E-state index contributed by atoms with van der Waals surface area (Å²) < 4.78 is 95.0. The number of carbonyl (C=O) groups is 1. The van der Waals surface area contributed by atoms with Crippen LogP contribution >= 0.6 is 0 Å². The van der Waals surface area contributed by atoms with E-state index in [1.165, 1.54) is 29.2 Å². The van der Waals surface area contributed by atoms with Gasteiger partial charge in [-0.3, -0.25) is 0 Å². The van der Waals surface area contributed by atoms with Gasteiger partial charge in [0, 0.05) is 35.7 Å². The van der Waals surface area contributed by atoms with Gasteiger partial charge in [0.15, 0.2) is 0 Å². The van der Waals surface area contributed by atoms with E-state index < -0.39 is 52.6 Å². The van der Waals surface area contributed by atoms with E-state index in [9.17, 15) is 40.6 Å². The molecule has 1 heterocycles. The first-order valence-electron chi connectivity index (χ1n) is 13.5. The van der Waals surface area contributed by atoms with E-state index in [-0.39, 0.29) is 13.1 Å². The number of aliphatic hydroxyl groups is 1. The lowest BCUT2D eigenvalue weighted by atomic mass is 9.65. The monoisotopic (exact) mass is 612 g/mol. The molecule has 0 unspecified atom stereocenters. The average molecular weight is 613 g/mol. The van der Waals surface area contributed by atoms with Crippen molar-refractivity contribution in [3.8, 4) is 11.8 Å². The second kappa shape index (κ2) is 10.3. The molecule has 0 aromatic heterocycles. The number of nitrogens with zero attached hydrogens (tertiary/aromatic N) is 1. The van der Waals surface area contributed by atoms with Gasteiger partial charge < -0.3 is 15.3 Å². The molecule has 1 fully saturated rings. The lowest BCUT2D eigenvalue weighted by Crippen LogP contribution is -2.53. The highest BCUT2D eigenvalue weighted by molar-refractivity contribution is 5.94. The van der Waals surface area contributed by atoms with E-state index in [1.807, 2.05) is 30.3 Å². The zero-order valence-electron chi connectivity index (χ0n) is 22.7. The molecule has 11 heteroatoms. The summed E-state index contributed by atoms with van der Waals surface area (Å²) in [5.41, 5.74) is -6.02. The summed E-state index contributed by atoms with van der Waals surface area (Å²) in [5.74, 6) is 4.36. The predicted molar refractivity (Wildman–Crippen MR) is 149 cm³/mol. The zero-order chi connectivity index (χ0) is 31.5. The topological polar surface area (TPSA) is 52.6 Å². The summed E-state index contributed by atoms with van der Waals surface area (Å²) in [7, 11) is 0. The van der Waals surface area contributed by atoms with Crippen molar-refractivity contribution in [1.82, 2.24) is 4.90 Å². The number of alkyl halides is 6. The van der Waals surface area contributed by atoms with Crippen LogP contribution in [0.5, 0.6) is 0 Å². The van der Waals surface area contributed by atoms with Gasteiger partial charge in [0.1, 0.15) is 5.82 Å². The fraction of sp³-hybridized carbons (Fsp3) is 0.242. The van der Waals surface area contributed by atoms with Crippen LogP contribution in [0.4, 0.5) is 41.2 Å². The van der Waals surface area contributed by atoms with Crippen molar-refractivity contribution in [2.45, 2.75) is 29.3 Å². The molecule has 2 N–H and O–H groups in total. The van der Waals surface area contributed by atoms with Crippen molar-refractivity contribution < 1.29 is 40.6 Å². The minimum Gasteiger partial charge on any atom is -0.369 e. The lowest BCUT2D eigenvalue weighted by molar-refractivity contribution is -0.376. The van der Waals surface area contributed by atoms with E-state index in [0.717, 1.165) is 22.9 Å². The summed E-state index contributed by atoms with van der Waals surface area (Å²) in [5, 5.41) is 14.6. The van der Waals surface area contributed by atoms with Crippen LogP contribution in [0.1, 0.15) is 22.6 Å². The molecule has 4 aromatic rings. The van der Waals surface area contributed by atoms with Crippen LogP contribution < -0.4 is 5.32 Å². The summed E-state index contributed by atoms with van der Waals surface area (Å²) in [6, 6.07) is 21.4. The number of likely N-dealkylation sites (tertiary alicyclic amines) is 1. The molecule has 2 amide bonds. The largest absolute Gasteiger partial charge is 0.430 e. The molecule has 44 heavy (non-hydrogen) atoms. The van der Waals surface area contributed by atoms with Gasteiger partial charge in [0.2, 0.25) is 0 Å². The molecule has 4 aromatic carbocycles. The maximum Gasteiger partial charge on any atom is 0.430 e. The Morgan fingerprint density at radius 2 is 1.45 bits per heavy atom. The molecule has 226 valence electrons. The number of anilines is 1. The molecule has 0 bridgehead atoms. The maximum absolute atomic E-state index is 13.9. The standard InChI is InChI=1S/C33H23F7N2O2/c34-26-14-12-24(13-15-26)30(23-10-11-23)19-42(29(43)41-27-16-7-20-3-1-2-4-22(20)17-27)18-28(30)21-5-8-25(9-6-21)31(44,32(35,36)37)33(38,39)40/h1-9,12-17,23,28,44H,18-19H2,(H,41,43)/t28-,30-/m0/s1. The Morgan fingerprint density at radius 3 is 2.05 bits per heavy atom. The predicted octanol–water partition coefficient (Wildman–Crippen LogP) is 7.49. The van der Waals surface area contributed by atoms with Gasteiger partial charge in [-0.05, 0) is 46.2 Å². The minimum atomic E-state index is -6.03. The molecule has 0 radical (unpaired) electrons. The summed E-state index contributed by atoms with van der Waals surface area (Å²) in [6.45, 7) is 0.100. The van der Waals surface area contributed by atoms with Crippen molar-refractivity contribution in [1.29, 1.82) is 0 Å². The zero-order valence-corrected chi connectivity index (χ0v) is 22.7. The van der Waals surface area contributed by atoms with Crippen LogP contribution in [0.2, 0.25) is 0 Å². The summed E-state index contributed by atoms with van der Waals surface area (Å²) in [4.78, 5) is 15.1. The number of amides is 2. The van der Waals surface area contributed by atoms with Crippen LogP contribution in [0, 0.1) is 23.6 Å². The molecule has 2 atom stereocenters. The normalized spacial score (nSPS) is 20.4. The van der Waals surface area contributed by atoms with Gasteiger partial charge in [-0.25, -0.2) is 9.18 Å². The third-order valence-electron chi connectivity index (χ3n) is 8.50. The van der Waals surface area contributed by atoms with Gasteiger partial charge in [0.25, 0.3) is 5.60 Å². The fourth-order valence-corrected chi connectivity index (χ4v) is 6.16. The third kappa shape index (κ3) is 4.83. The lowest BCUT2D eigenvalue weighted by Gasteiger charge is -2.36. The molecule has 1 aliphatic carbocycles. The van der Waals surface area contributed by atoms with Crippen LogP contribution in [0.3, 0.4) is 0 Å². The Morgan fingerprint density at radius 1 is 0.841 bits per heavy atom. The van der Waals surface area contributed by atoms with Crippen LogP contribution in [0.25, 0.3) is 10.8 Å². The van der Waals surface area contributed by atoms with E-state index in [1.54, 1.807) is 12.1 Å². The molecule has 0 saturated carbocycles. The quantitative estimate of drug-likeness (QED) is 0.181. The van der Waals surface area contributed by atoms with Crippen molar-refractivity contribution in [3.05, 3.63) is 114 Å². The van der Waals surface area contributed by atoms with Gasteiger partial charge in [-0.15, -0.1) is 0 Å². The first-order chi connectivity index (χ1) is 20.7. The first-order valence-corrected chi connectivity index (χ1v) is 13.5. The molecule has 1 aliphatic heterocycles. The molecule has 2 aliphatic rings. The van der Waals surface area contributed by atoms with E-state index in [0.29, 0.717) is 28.9 Å². The van der Waals surface area contributed by atoms with Gasteiger partial charge in [-0.2, -0.15) is 26.3 Å². The fourth-order valence-electron chi connectivity index (χ4n) is 6.16. The number of benzene rings is 4. The molecular formula is C33H23F7N2O2. The molecule has 6 rings (SSSR count). The highest BCUT2D eigenvalue weighted by Gasteiger charge is 2.71. The van der Waals surface area contributed by atoms with Crippen LogP contribution in [-0.4, -0.2) is 41.5 Å². The minimum absolute atomic E-state index is 0.0266. The smallest absolute Gasteiger partial charge is 0.369 e. The van der Waals surface area contributed by atoms with Crippen molar-refractivity contribution in [3.63, 3.8) is 0 Å². The Bertz CT molecular complexity index is 1770. The highest BCUT2D eigenvalue weighted by Crippen LogP contribution is 2.54. The first kappa shape index (κ1) is 29.5. The van der Waals surface area contributed by atoms with Crippen LogP contribution in [-0.2, 0) is 11.0 Å². The van der Waals surface area contributed by atoms with Crippen LogP contribution in [0.15, 0.2) is 91.0 Å². The van der Waals surface area contributed by atoms with Crippen molar-refractivity contribution in [2.24, 2.45) is 5.92 Å². The van der Waals surface area contributed by atoms with Gasteiger partial charge in [0.05, 0.1) is 5.92 Å². The number of rotatable bonds is 5. The number of hydrogen-bond acceptors (Lipinski definition) is 2. The van der Waals surface area contributed by atoms with Gasteiger partial charge >= 0.3 is 18.4 Å². The summed E-state index contributed by atoms with van der Waals surface area (Å²) in [6.07, 6.45) is -12.1. The SMILES string of the molecule is O=C(Nc1ccc2ccccc2c1)N1C[C@@H](c2ccc(C(O)(C(F)(F)F)C(F)(F)F)cc2)[C@](c2ccc(F)cc2)(C2C#C2)C1. The average Bonchev–Trinajstić information content (AvgIpc) is 3.76. The van der Waals surface area contributed by atoms with Crippen molar-refractivity contribution >= 4 is 22.5 Å². The number of carbonyl (C=O) groups excluding carboxylic acids is 1. The Hall–Kier alpha value is -4.56. The number of nitrogens with one attached hydrogen (secondary N) is 1. The molecule has 4 nitrogen and oxygen atoms in total. The van der Waals surface area contributed by atoms with E-state index in [4.69, 9.17) is 0 Å². The highest BCUT2D eigenvalue weighted by atomic mass is 19.4. The number of hydrogen-bond donors (Lipinski definition) is 2. The number of urea groups is 1. The Kier molecular flexibility index (Phi) is 6.89. The molecular weight excluding hydrogens is 589 g/mol. The second-order valence-corrected chi connectivity index (χ2v) is 11.0. The molecule has 0 spiro atoms. The molecule has 1 saturated heterocycles. The van der Waals surface area contributed by atoms with E-state index in [2.05, 4.69) is 17.2 Å². The maximum atomic E-state index is 13.9. The number of halogens is 7. The van der Waals surface area contributed by atoms with E-state index >= 15 is 0 Å². The number of fused-ring (bicyclic) bond motifs is 1. The van der Waals surface area contributed by atoms with Gasteiger partial charge in [-0.1, -0.05) is 78.6 Å².